The van der Waals surface area contributed by atoms with Crippen molar-refractivity contribution in [3.8, 4) is 5.75 Å². The molecule has 0 saturated heterocycles. The number of ether oxygens (including phenoxy) is 2. The molecule has 5 rings (SSSR count). The van der Waals surface area contributed by atoms with Gasteiger partial charge in [-0.3, -0.25) is 4.79 Å². The Balaban J connectivity index is 1.41. The van der Waals surface area contributed by atoms with Crippen LogP contribution in [-0.2, 0) is 19.7 Å². The zero-order valence-corrected chi connectivity index (χ0v) is 15.3. The first-order chi connectivity index (χ1) is 12.4. The average molecular weight is 357 g/mol. The molecule has 26 heavy (non-hydrogen) atoms. The van der Waals surface area contributed by atoms with Crippen molar-refractivity contribution < 1.29 is 19.1 Å². The maximum Gasteiger partial charge on any atom is 0.347 e. The topological polar surface area (TPSA) is 78.6 Å². The van der Waals surface area contributed by atoms with Crippen LogP contribution in [0.5, 0.6) is 5.75 Å². The van der Waals surface area contributed by atoms with Gasteiger partial charge < -0.3 is 15.2 Å². The van der Waals surface area contributed by atoms with Crippen LogP contribution >= 0.6 is 0 Å². The molecule has 2 N–H and O–H groups in total. The molecule has 4 saturated carbocycles. The number of carbonyl (C=O) groups excluding carboxylic acids is 2. The van der Waals surface area contributed by atoms with E-state index >= 15 is 0 Å². The average Bonchev–Trinajstić information content (AvgIpc) is 2.59. The number of carbonyl (C=O) groups is 2. The Bertz CT molecular complexity index is 661. The van der Waals surface area contributed by atoms with Gasteiger partial charge in [-0.1, -0.05) is 12.1 Å². The number of primary amides is 1. The van der Waals surface area contributed by atoms with Gasteiger partial charge in [-0.05, 0) is 86.3 Å². The molecule has 1 atom stereocenters. The van der Waals surface area contributed by atoms with E-state index in [0.29, 0.717) is 11.2 Å². The van der Waals surface area contributed by atoms with Crippen LogP contribution in [0.3, 0.4) is 0 Å². The Morgan fingerprint density at radius 2 is 1.62 bits per heavy atom. The van der Waals surface area contributed by atoms with E-state index in [1.807, 2.05) is 12.1 Å². The summed E-state index contributed by atoms with van der Waals surface area (Å²) in [5.41, 5.74) is 6.76. The minimum atomic E-state index is -0.778. The molecule has 4 fully saturated rings. The molecule has 5 heteroatoms. The van der Waals surface area contributed by atoms with Gasteiger partial charge in [-0.25, -0.2) is 4.79 Å². The lowest BCUT2D eigenvalue weighted by molar-refractivity contribution is -0.154. The van der Waals surface area contributed by atoms with E-state index in [-0.39, 0.29) is 0 Å². The Kier molecular flexibility index (Phi) is 4.41. The van der Waals surface area contributed by atoms with Crippen molar-refractivity contribution in [3.05, 3.63) is 29.8 Å². The molecule has 1 aromatic carbocycles. The smallest absolute Gasteiger partial charge is 0.347 e. The largest absolute Gasteiger partial charge is 0.479 e. The lowest BCUT2D eigenvalue weighted by Gasteiger charge is -2.57. The van der Waals surface area contributed by atoms with E-state index in [9.17, 15) is 9.59 Å². The van der Waals surface area contributed by atoms with Gasteiger partial charge in [0.05, 0.1) is 0 Å². The summed E-state index contributed by atoms with van der Waals surface area (Å²) in [7, 11) is 0. The van der Waals surface area contributed by atoms with Crippen LogP contribution in [0.25, 0.3) is 0 Å². The fourth-order valence-electron chi connectivity index (χ4n) is 5.86. The van der Waals surface area contributed by atoms with Gasteiger partial charge in [-0.15, -0.1) is 0 Å². The first-order valence-electron chi connectivity index (χ1n) is 9.66. The van der Waals surface area contributed by atoms with Crippen LogP contribution < -0.4 is 10.5 Å². The molecule has 0 spiro atoms. The SMILES string of the molecule is C[C@@H](Oc1ccc(C23CC4CC(CC(C4)C2)C3)cc1)C(=O)OCC(N)=O. The van der Waals surface area contributed by atoms with Crippen molar-refractivity contribution in [1.82, 2.24) is 0 Å². The third kappa shape index (κ3) is 3.31. The Morgan fingerprint density at radius 1 is 1.08 bits per heavy atom. The fourth-order valence-corrected chi connectivity index (χ4v) is 5.86. The van der Waals surface area contributed by atoms with Gasteiger partial charge in [0.2, 0.25) is 0 Å². The third-order valence-corrected chi connectivity index (χ3v) is 6.51. The summed E-state index contributed by atoms with van der Waals surface area (Å²) >= 11 is 0. The maximum atomic E-state index is 11.8. The Morgan fingerprint density at radius 3 is 2.12 bits per heavy atom. The molecule has 1 amide bonds. The highest BCUT2D eigenvalue weighted by molar-refractivity contribution is 5.80. The fraction of sp³-hybridized carbons (Fsp3) is 0.619. The van der Waals surface area contributed by atoms with Crippen molar-refractivity contribution >= 4 is 11.9 Å². The monoisotopic (exact) mass is 357 g/mol. The highest BCUT2D eigenvalue weighted by Crippen LogP contribution is 2.60. The molecule has 1 aromatic rings. The molecule has 4 bridgehead atoms. The van der Waals surface area contributed by atoms with Crippen LogP contribution in [-0.4, -0.2) is 24.6 Å². The first kappa shape index (κ1) is 17.4. The summed E-state index contributed by atoms with van der Waals surface area (Å²) in [5.74, 6) is 2.12. The van der Waals surface area contributed by atoms with Crippen molar-refractivity contribution in [3.63, 3.8) is 0 Å². The molecule has 0 aromatic heterocycles. The van der Waals surface area contributed by atoms with Crippen LogP contribution in [0.2, 0.25) is 0 Å². The molecular formula is C21H27NO4. The zero-order valence-electron chi connectivity index (χ0n) is 15.3. The van der Waals surface area contributed by atoms with Crippen LogP contribution in [0.4, 0.5) is 0 Å². The summed E-state index contributed by atoms with van der Waals surface area (Å²) in [5, 5.41) is 0. The molecule has 0 radical (unpaired) electrons. The van der Waals surface area contributed by atoms with Crippen molar-refractivity contribution in [2.45, 2.75) is 57.0 Å². The predicted molar refractivity (Wildman–Crippen MR) is 96.5 cm³/mol. The molecule has 0 heterocycles. The summed E-state index contributed by atoms with van der Waals surface area (Å²) < 4.78 is 10.4. The lowest BCUT2D eigenvalue weighted by atomic mass is 9.48. The second-order valence-corrected chi connectivity index (χ2v) is 8.56. The highest BCUT2D eigenvalue weighted by atomic mass is 16.6. The minimum absolute atomic E-state index is 0.360. The second-order valence-electron chi connectivity index (χ2n) is 8.56. The van der Waals surface area contributed by atoms with E-state index < -0.39 is 24.6 Å². The van der Waals surface area contributed by atoms with Gasteiger partial charge in [0.15, 0.2) is 12.7 Å². The van der Waals surface area contributed by atoms with E-state index in [4.69, 9.17) is 15.2 Å². The van der Waals surface area contributed by atoms with Crippen LogP contribution in [0.15, 0.2) is 24.3 Å². The normalized spacial score (nSPS) is 32.9. The molecule has 140 valence electrons. The van der Waals surface area contributed by atoms with E-state index in [1.54, 1.807) is 6.92 Å². The van der Waals surface area contributed by atoms with Gasteiger partial charge in [0.25, 0.3) is 5.91 Å². The number of amides is 1. The number of hydrogen-bond donors (Lipinski definition) is 1. The van der Waals surface area contributed by atoms with Crippen molar-refractivity contribution in [1.29, 1.82) is 0 Å². The molecule has 0 aliphatic heterocycles. The third-order valence-electron chi connectivity index (χ3n) is 6.51. The van der Waals surface area contributed by atoms with Crippen molar-refractivity contribution in [2.24, 2.45) is 23.5 Å². The van der Waals surface area contributed by atoms with Gasteiger partial charge in [0.1, 0.15) is 5.75 Å². The maximum absolute atomic E-state index is 11.8. The molecule has 0 unspecified atom stereocenters. The first-order valence-corrected chi connectivity index (χ1v) is 9.66. The predicted octanol–water partition coefficient (Wildman–Crippen LogP) is 2.95. The number of esters is 1. The number of nitrogens with two attached hydrogens (primary N) is 1. The minimum Gasteiger partial charge on any atom is -0.479 e. The number of benzene rings is 1. The quantitative estimate of drug-likeness (QED) is 0.794. The summed E-state index contributed by atoms with van der Waals surface area (Å²) in [6.07, 6.45) is 7.51. The van der Waals surface area contributed by atoms with E-state index in [2.05, 4.69) is 12.1 Å². The van der Waals surface area contributed by atoms with Gasteiger partial charge >= 0.3 is 5.97 Å². The molecule has 4 aliphatic carbocycles. The Labute approximate surface area is 154 Å². The van der Waals surface area contributed by atoms with Crippen LogP contribution in [0, 0.1) is 17.8 Å². The molecular weight excluding hydrogens is 330 g/mol. The van der Waals surface area contributed by atoms with E-state index in [0.717, 1.165) is 17.8 Å². The molecule has 5 nitrogen and oxygen atoms in total. The zero-order chi connectivity index (χ0) is 18.3. The lowest BCUT2D eigenvalue weighted by Crippen LogP contribution is -2.48. The summed E-state index contributed by atoms with van der Waals surface area (Å²) in [4.78, 5) is 22.5. The summed E-state index contributed by atoms with van der Waals surface area (Å²) in [6.45, 7) is 1.19. The van der Waals surface area contributed by atoms with E-state index in [1.165, 1.54) is 44.1 Å². The molecule has 4 aliphatic rings. The summed E-state index contributed by atoms with van der Waals surface area (Å²) in [6, 6.07) is 8.24. The number of rotatable bonds is 6. The standard InChI is InChI=1S/C21H27NO4/c1-13(20(24)25-12-19(22)23)26-18-4-2-17(3-5-18)21-9-14-6-15(10-21)8-16(7-14)11-21/h2-5,13-16H,6-12H2,1H3,(H2,22,23)/t13-,14?,15?,16?,21?/m1/s1. The second kappa shape index (κ2) is 6.60. The highest BCUT2D eigenvalue weighted by Gasteiger charge is 2.51. The van der Waals surface area contributed by atoms with Crippen LogP contribution in [0.1, 0.15) is 51.0 Å². The Hall–Kier alpha value is -2.04. The van der Waals surface area contributed by atoms with Crippen molar-refractivity contribution in [2.75, 3.05) is 6.61 Å². The van der Waals surface area contributed by atoms with Gasteiger partial charge in [-0.2, -0.15) is 0 Å². The number of hydrogen-bond acceptors (Lipinski definition) is 4. The van der Waals surface area contributed by atoms with Gasteiger partial charge in [0, 0.05) is 0 Å².